The Bertz CT molecular complexity index is 960. The summed E-state index contributed by atoms with van der Waals surface area (Å²) in [7, 11) is 0. The number of hydrogen-bond donors (Lipinski definition) is 3. The lowest BCUT2D eigenvalue weighted by Gasteiger charge is -2.06. The van der Waals surface area contributed by atoms with E-state index in [-0.39, 0.29) is 12.3 Å². The molecule has 0 aliphatic carbocycles. The number of rotatable bonds is 7. The number of aromatic nitrogens is 1. The van der Waals surface area contributed by atoms with Gasteiger partial charge in [0.25, 0.3) is 0 Å². The van der Waals surface area contributed by atoms with Crippen molar-refractivity contribution in [2.24, 2.45) is 0 Å². The molecule has 0 aliphatic heterocycles. The van der Waals surface area contributed by atoms with E-state index in [1.807, 2.05) is 42.6 Å². The van der Waals surface area contributed by atoms with Gasteiger partial charge in [-0.2, -0.15) is 0 Å². The van der Waals surface area contributed by atoms with Gasteiger partial charge in [0.2, 0.25) is 0 Å². The Labute approximate surface area is 161 Å². The summed E-state index contributed by atoms with van der Waals surface area (Å²) < 4.78 is 0. The molecule has 0 aliphatic rings. The molecule has 140 valence electrons. The van der Waals surface area contributed by atoms with Crippen LogP contribution >= 0.6 is 11.3 Å². The second-order valence-corrected chi connectivity index (χ2v) is 7.12. The van der Waals surface area contributed by atoms with Gasteiger partial charge in [-0.15, -0.1) is 11.3 Å². The predicted molar refractivity (Wildman–Crippen MR) is 106 cm³/mol. The molecule has 2 heterocycles. The van der Waals surface area contributed by atoms with Crippen LogP contribution in [-0.2, 0) is 22.4 Å². The fourth-order valence-electron chi connectivity index (χ4n) is 2.91. The van der Waals surface area contributed by atoms with E-state index in [0.717, 1.165) is 27.8 Å². The van der Waals surface area contributed by atoms with Crippen molar-refractivity contribution in [3.8, 4) is 0 Å². The van der Waals surface area contributed by atoms with E-state index in [4.69, 9.17) is 0 Å². The molecule has 2 amide bonds. The smallest absolute Gasteiger partial charge is 0.309 e. The summed E-state index contributed by atoms with van der Waals surface area (Å²) in [6.45, 7) is 2.21. The van der Waals surface area contributed by atoms with E-state index in [0.29, 0.717) is 18.5 Å². The van der Waals surface area contributed by atoms with Crippen LogP contribution in [0.3, 0.4) is 0 Å². The molecule has 6 nitrogen and oxygen atoms in total. The van der Waals surface area contributed by atoms with Crippen LogP contribution in [0.4, 0.5) is 0 Å². The molecular formula is C20H21N3O3S. The van der Waals surface area contributed by atoms with Gasteiger partial charge in [-0.3, -0.25) is 14.4 Å². The molecule has 0 unspecified atom stereocenters. The maximum Gasteiger partial charge on any atom is 0.309 e. The van der Waals surface area contributed by atoms with Crippen LogP contribution in [0.2, 0.25) is 0 Å². The standard InChI is InChI=1S/C20H21N3O3S/c1-2-13-5-3-7-15-16(11-22-18(13)15)17(24)12-23-20(26)19(25)21-9-8-14-6-4-10-27-14/h3-7,10-11,22H,2,8-9,12H2,1H3,(H,21,25)(H,23,26). The first-order chi connectivity index (χ1) is 13.1. The highest BCUT2D eigenvalue weighted by Crippen LogP contribution is 2.22. The molecule has 0 saturated heterocycles. The Hall–Kier alpha value is -2.93. The van der Waals surface area contributed by atoms with Gasteiger partial charge in [0.05, 0.1) is 6.54 Å². The zero-order valence-corrected chi connectivity index (χ0v) is 15.8. The quantitative estimate of drug-likeness (QED) is 0.432. The molecule has 0 fully saturated rings. The Morgan fingerprint density at radius 2 is 1.89 bits per heavy atom. The minimum Gasteiger partial charge on any atom is -0.360 e. The Morgan fingerprint density at radius 3 is 2.63 bits per heavy atom. The van der Waals surface area contributed by atoms with Crippen molar-refractivity contribution in [2.75, 3.05) is 13.1 Å². The van der Waals surface area contributed by atoms with E-state index in [1.54, 1.807) is 17.5 Å². The molecule has 3 aromatic rings. The number of nitrogens with one attached hydrogen (secondary N) is 3. The van der Waals surface area contributed by atoms with Crippen LogP contribution in [0.15, 0.2) is 41.9 Å². The molecule has 0 radical (unpaired) electrons. The largest absolute Gasteiger partial charge is 0.360 e. The molecule has 0 spiro atoms. The molecule has 27 heavy (non-hydrogen) atoms. The minimum absolute atomic E-state index is 0.222. The van der Waals surface area contributed by atoms with Gasteiger partial charge < -0.3 is 15.6 Å². The van der Waals surface area contributed by atoms with E-state index in [1.165, 1.54) is 0 Å². The van der Waals surface area contributed by atoms with Crippen LogP contribution in [0.25, 0.3) is 10.9 Å². The van der Waals surface area contributed by atoms with Crippen LogP contribution in [0, 0.1) is 0 Å². The molecule has 3 N–H and O–H groups in total. The summed E-state index contributed by atoms with van der Waals surface area (Å²) in [6.07, 6.45) is 3.18. The normalized spacial score (nSPS) is 10.7. The topological polar surface area (TPSA) is 91.1 Å². The Morgan fingerprint density at radius 1 is 1.07 bits per heavy atom. The van der Waals surface area contributed by atoms with Crippen molar-refractivity contribution >= 4 is 39.8 Å². The van der Waals surface area contributed by atoms with Crippen molar-refractivity contribution in [3.05, 3.63) is 57.9 Å². The van der Waals surface area contributed by atoms with Gasteiger partial charge in [0.15, 0.2) is 5.78 Å². The molecule has 0 saturated carbocycles. The van der Waals surface area contributed by atoms with Crippen molar-refractivity contribution < 1.29 is 14.4 Å². The van der Waals surface area contributed by atoms with Gasteiger partial charge in [-0.05, 0) is 29.9 Å². The first-order valence-corrected chi connectivity index (χ1v) is 9.68. The predicted octanol–water partition coefficient (Wildman–Crippen LogP) is 2.45. The van der Waals surface area contributed by atoms with E-state index >= 15 is 0 Å². The van der Waals surface area contributed by atoms with Crippen molar-refractivity contribution in [1.29, 1.82) is 0 Å². The molecule has 1 aromatic carbocycles. The van der Waals surface area contributed by atoms with Crippen molar-refractivity contribution in [1.82, 2.24) is 15.6 Å². The maximum absolute atomic E-state index is 12.5. The molecule has 0 bridgehead atoms. The number of fused-ring (bicyclic) bond motifs is 1. The molecular weight excluding hydrogens is 362 g/mol. The van der Waals surface area contributed by atoms with Gasteiger partial charge in [-0.25, -0.2) is 0 Å². The van der Waals surface area contributed by atoms with Gasteiger partial charge in [0.1, 0.15) is 0 Å². The number of Topliss-reactive ketones (excluding diaryl/α,β-unsaturated/α-hetero) is 1. The SMILES string of the molecule is CCc1cccc2c(C(=O)CNC(=O)C(=O)NCCc3cccs3)c[nH]c12. The highest BCUT2D eigenvalue weighted by Gasteiger charge is 2.17. The average molecular weight is 383 g/mol. The molecule has 2 aromatic heterocycles. The third-order valence-electron chi connectivity index (χ3n) is 4.34. The van der Waals surface area contributed by atoms with Crippen molar-refractivity contribution in [3.63, 3.8) is 0 Å². The number of para-hydroxylation sites is 1. The van der Waals surface area contributed by atoms with Crippen molar-refractivity contribution in [2.45, 2.75) is 19.8 Å². The lowest BCUT2D eigenvalue weighted by molar-refractivity contribution is -0.139. The first-order valence-electron chi connectivity index (χ1n) is 8.80. The number of aromatic amines is 1. The monoisotopic (exact) mass is 383 g/mol. The first kappa shape index (κ1) is 18.8. The Balaban J connectivity index is 1.52. The van der Waals surface area contributed by atoms with Gasteiger partial charge in [-0.1, -0.05) is 31.2 Å². The highest BCUT2D eigenvalue weighted by atomic mass is 32.1. The average Bonchev–Trinajstić information content (AvgIpc) is 3.35. The molecule has 3 rings (SSSR count). The van der Waals surface area contributed by atoms with Crippen LogP contribution in [0.1, 0.15) is 27.7 Å². The third-order valence-corrected chi connectivity index (χ3v) is 5.27. The van der Waals surface area contributed by atoms with E-state index < -0.39 is 11.8 Å². The number of carbonyl (C=O) groups excluding carboxylic acids is 3. The number of H-pyrrole nitrogens is 1. The lowest BCUT2D eigenvalue weighted by Crippen LogP contribution is -2.42. The van der Waals surface area contributed by atoms with Gasteiger partial charge in [0, 0.05) is 34.1 Å². The number of carbonyl (C=O) groups is 3. The summed E-state index contributed by atoms with van der Waals surface area (Å²) in [4.78, 5) is 40.4. The number of amides is 2. The minimum atomic E-state index is -0.802. The van der Waals surface area contributed by atoms with Crippen LogP contribution in [-0.4, -0.2) is 35.7 Å². The summed E-state index contributed by atoms with van der Waals surface area (Å²) >= 11 is 1.60. The van der Waals surface area contributed by atoms with Crippen LogP contribution in [0.5, 0.6) is 0 Å². The van der Waals surface area contributed by atoms with E-state index in [9.17, 15) is 14.4 Å². The fourth-order valence-corrected chi connectivity index (χ4v) is 3.62. The number of aryl methyl sites for hydroxylation is 1. The number of hydrogen-bond acceptors (Lipinski definition) is 4. The third kappa shape index (κ3) is 4.43. The second kappa shape index (κ2) is 8.64. The Kier molecular flexibility index (Phi) is 6.03. The number of benzene rings is 1. The molecule has 7 heteroatoms. The number of ketones is 1. The number of thiophene rings is 1. The lowest BCUT2D eigenvalue weighted by atomic mass is 10.0. The zero-order valence-electron chi connectivity index (χ0n) is 15.0. The second-order valence-electron chi connectivity index (χ2n) is 6.09. The summed E-state index contributed by atoms with van der Waals surface area (Å²) in [6, 6.07) is 9.70. The maximum atomic E-state index is 12.5. The fraction of sp³-hybridized carbons (Fsp3) is 0.250. The summed E-state index contributed by atoms with van der Waals surface area (Å²) in [5.41, 5.74) is 2.57. The zero-order chi connectivity index (χ0) is 19.2. The van der Waals surface area contributed by atoms with Crippen LogP contribution < -0.4 is 10.6 Å². The van der Waals surface area contributed by atoms with E-state index in [2.05, 4.69) is 15.6 Å². The summed E-state index contributed by atoms with van der Waals surface area (Å²) in [5.74, 6) is -1.77. The van der Waals surface area contributed by atoms with Gasteiger partial charge >= 0.3 is 11.8 Å². The highest BCUT2D eigenvalue weighted by molar-refractivity contribution is 7.09. The summed E-state index contributed by atoms with van der Waals surface area (Å²) in [5, 5.41) is 7.75. The molecule has 0 atom stereocenters.